The zero-order valence-corrected chi connectivity index (χ0v) is 21.0. The summed E-state index contributed by atoms with van der Waals surface area (Å²) < 4.78 is 0. The van der Waals surface area contributed by atoms with Crippen LogP contribution in [-0.2, 0) is 4.79 Å². The maximum Gasteiger partial charge on any atom is 0.220 e. The highest BCUT2D eigenvalue weighted by Crippen LogP contribution is 2.13. The predicted octanol–water partition coefficient (Wildman–Crippen LogP) is 7.06. The van der Waals surface area contributed by atoms with Crippen molar-refractivity contribution in [1.82, 2.24) is 5.32 Å². The monoisotopic (exact) mass is 441 g/mol. The first kappa shape index (κ1) is 30.4. The molecule has 0 bridgehead atoms. The molecule has 2 atom stereocenters. The lowest BCUT2D eigenvalue weighted by Gasteiger charge is -2.22. The van der Waals surface area contributed by atoms with Gasteiger partial charge in [0, 0.05) is 6.42 Å². The second-order valence-electron chi connectivity index (χ2n) is 9.47. The van der Waals surface area contributed by atoms with Gasteiger partial charge < -0.3 is 15.5 Å². The van der Waals surface area contributed by atoms with E-state index in [1.165, 1.54) is 96.3 Å². The zero-order valence-electron chi connectivity index (χ0n) is 21.0. The standard InChI is InChI=1S/C27H55NO3/c1-3-5-7-9-11-13-14-15-17-19-21-23-27(31)28-25(24-29)26(30)22-20-18-16-12-10-8-6-4-2/h25-26,29-30H,3-24H2,1-2H3,(H,28,31). The smallest absolute Gasteiger partial charge is 0.220 e. The van der Waals surface area contributed by atoms with Crippen LogP contribution in [0.4, 0.5) is 0 Å². The van der Waals surface area contributed by atoms with Gasteiger partial charge in [0.2, 0.25) is 5.91 Å². The number of amides is 1. The Bertz CT molecular complexity index is 375. The molecule has 0 rings (SSSR count). The van der Waals surface area contributed by atoms with Gasteiger partial charge >= 0.3 is 0 Å². The van der Waals surface area contributed by atoms with Crippen LogP contribution in [0.15, 0.2) is 0 Å². The molecule has 0 heterocycles. The molecule has 0 spiro atoms. The SMILES string of the molecule is CCCCCCCCCCCCCC(=O)NC(CO)C(O)CCCCCCCCCC. The van der Waals surface area contributed by atoms with Crippen LogP contribution in [0.2, 0.25) is 0 Å². The van der Waals surface area contributed by atoms with E-state index < -0.39 is 12.1 Å². The number of hydrogen-bond acceptors (Lipinski definition) is 3. The molecule has 0 aliphatic rings. The zero-order chi connectivity index (χ0) is 23.0. The van der Waals surface area contributed by atoms with E-state index in [4.69, 9.17) is 0 Å². The molecule has 0 aromatic heterocycles. The fourth-order valence-corrected chi connectivity index (χ4v) is 4.18. The fourth-order valence-electron chi connectivity index (χ4n) is 4.18. The highest BCUT2D eigenvalue weighted by Gasteiger charge is 2.19. The molecule has 0 radical (unpaired) electrons. The summed E-state index contributed by atoms with van der Waals surface area (Å²) in [4.78, 5) is 12.1. The molecule has 0 aliphatic carbocycles. The lowest BCUT2D eigenvalue weighted by atomic mass is 10.0. The summed E-state index contributed by atoms with van der Waals surface area (Å²) in [6.45, 7) is 4.29. The molecule has 4 heteroatoms. The molecule has 1 amide bonds. The van der Waals surface area contributed by atoms with E-state index in [-0.39, 0.29) is 12.5 Å². The Labute approximate surface area is 194 Å². The Hall–Kier alpha value is -0.610. The first-order chi connectivity index (χ1) is 15.2. The van der Waals surface area contributed by atoms with Gasteiger partial charge in [-0.2, -0.15) is 0 Å². The van der Waals surface area contributed by atoms with Crippen molar-refractivity contribution in [3.8, 4) is 0 Å². The van der Waals surface area contributed by atoms with Crippen LogP contribution in [0.5, 0.6) is 0 Å². The van der Waals surface area contributed by atoms with Crippen LogP contribution < -0.4 is 5.32 Å². The molecule has 3 N–H and O–H groups in total. The molecular weight excluding hydrogens is 386 g/mol. The molecule has 186 valence electrons. The fraction of sp³-hybridized carbons (Fsp3) is 0.963. The molecule has 0 fully saturated rings. The van der Waals surface area contributed by atoms with E-state index in [0.29, 0.717) is 12.8 Å². The van der Waals surface area contributed by atoms with E-state index in [1.807, 2.05) is 0 Å². The Morgan fingerprint density at radius 2 is 1.03 bits per heavy atom. The van der Waals surface area contributed by atoms with Crippen LogP contribution in [-0.4, -0.2) is 34.9 Å². The number of carbonyl (C=O) groups excluding carboxylic acids is 1. The van der Waals surface area contributed by atoms with Gasteiger partial charge in [0.1, 0.15) is 0 Å². The van der Waals surface area contributed by atoms with Gasteiger partial charge in [0.05, 0.1) is 18.8 Å². The topological polar surface area (TPSA) is 69.6 Å². The molecular formula is C27H55NO3. The highest BCUT2D eigenvalue weighted by atomic mass is 16.3. The second kappa shape index (κ2) is 24.0. The van der Waals surface area contributed by atoms with E-state index in [9.17, 15) is 15.0 Å². The van der Waals surface area contributed by atoms with Crippen molar-refractivity contribution in [3.63, 3.8) is 0 Å². The maximum absolute atomic E-state index is 12.1. The van der Waals surface area contributed by atoms with Gasteiger partial charge in [-0.3, -0.25) is 4.79 Å². The predicted molar refractivity (Wildman–Crippen MR) is 133 cm³/mol. The normalized spacial score (nSPS) is 13.3. The minimum absolute atomic E-state index is 0.0371. The number of nitrogens with one attached hydrogen (secondary N) is 1. The van der Waals surface area contributed by atoms with Gasteiger partial charge in [-0.05, 0) is 12.8 Å². The van der Waals surface area contributed by atoms with Crippen LogP contribution in [0.1, 0.15) is 149 Å². The van der Waals surface area contributed by atoms with E-state index in [2.05, 4.69) is 19.2 Å². The Kier molecular flexibility index (Phi) is 23.6. The molecule has 2 unspecified atom stereocenters. The molecule has 0 aromatic rings. The highest BCUT2D eigenvalue weighted by molar-refractivity contribution is 5.76. The summed E-state index contributed by atoms with van der Waals surface area (Å²) in [6.07, 6.45) is 24.2. The van der Waals surface area contributed by atoms with Crippen molar-refractivity contribution in [3.05, 3.63) is 0 Å². The molecule has 0 saturated heterocycles. The molecule has 0 saturated carbocycles. The van der Waals surface area contributed by atoms with Crippen LogP contribution in [0.25, 0.3) is 0 Å². The molecule has 0 aliphatic heterocycles. The molecule has 4 nitrogen and oxygen atoms in total. The average molecular weight is 442 g/mol. The average Bonchev–Trinajstić information content (AvgIpc) is 2.77. The van der Waals surface area contributed by atoms with E-state index >= 15 is 0 Å². The van der Waals surface area contributed by atoms with Crippen molar-refractivity contribution in [2.45, 2.75) is 161 Å². The minimum atomic E-state index is -0.647. The van der Waals surface area contributed by atoms with Crippen molar-refractivity contribution in [1.29, 1.82) is 0 Å². The van der Waals surface area contributed by atoms with E-state index in [0.717, 1.165) is 25.7 Å². The number of hydrogen-bond donors (Lipinski definition) is 3. The third-order valence-electron chi connectivity index (χ3n) is 6.37. The first-order valence-corrected chi connectivity index (χ1v) is 13.7. The second-order valence-corrected chi connectivity index (χ2v) is 9.47. The van der Waals surface area contributed by atoms with Crippen LogP contribution in [0, 0.1) is 0 Å². The Morgan fingerprint density at radius 3 is 1.45 bits per heavy atom. The largest absolute Gasteiger partial charge is 0.394 e. The lowest BCUT2D eigenvalue weighted by molar-refractivity contribution is -0.123. The quantitative estimate of drug-likeness (QED) is 0.140. The Balaban J connectivity index is 3.62. The summed E-state index contributed by atoms with van der Waals surface area (Å²) in [6, 6.07) is -0.523. The molecule has 0 aromatic carbocycles. The van der Waals surface area contributed by atoms with Gasteiger partial charge in [0.25, 0.3) is 0 Å². The number of aliphatic hydroxyl groups excluding tert-OH is 2. The van der Waals surface area contributed by atoms with Gasteiger partial charge in [-0.25, -0.2) is 0 Å². The van der Waals surface area contributed by atoms with Gasteiger partial charge in [-0.15, -0.1) is 0 Å². The third kappa shape index (κ3) is 21.0. The van der Waals surface area contributed by atoms with Crippen LogP contribution >= 0.6 is 0 Å². The Morgan fingerprint density at radius 1 is 0.645 bits per heavy atom. The summed E-state index contributed by atoms with van der Waals surface area (Å²) in [5.41, 5.74) is 0. The summed E-state index contributed by atoms with van der Waals surface area (Å²) >= 11 is 0. The third-order valence-corrected chi connectivity index (χ3v) is 6.37. The summed E-state index contributed by atoms with van der Waals surface area (Å²) in [5.74, 6) is -0.0371. The van der Waals surface area contributed by atoms with Gasteiger partial charge in [-0.1, -0.05) is 129 Å². The minimum Gasteiger partial charge on any atom is -0.394 e. The van der Waals surface area contributed by atoms with Crippen molar-refractivity contribution < 1.29 is 15.0 Å². The van der Waals surface area contributed by atoms with Crippen LogP contribution in [0.3, 0.4) is 0 Å². The maximum atomic E-state index is 12.1. The van der Waals surface area contributed by atoms with Crippen molar-refractivity contribution >= 4 is 5.91 Å². The number of unbranched alkanes of at least 4 members (excludes halogenated alkanes) is 17. The first-order valence-electron chi connectivity index (χ1n) is 13.7. The number of aliphatic hydroxyl groups is 2. The molecule has 31 heavy (non-hydrogen) atoms. The summed E-state index contributed by atoms with van der Waals surface area (Å²) in [7, 11) is 0. The number of rotatable bonds is 24. The van der Waals surface area contributed by atoms with Crippen molar-refractivity contribution in [2.75, 3.05) is 6.61 Å². The van der Waals surface area contributed by atoms with Gasteiger partial charge in [0.15, 0.2) is 0 Å². The van der Waals surface area contributed by atoms with E-state index in [1.54, 1.807) is 0 Å². The lowest BCUT2D eigenvalue weighted by Crippen LogP contribution is -2.45. The summed E-state index contributed by atoms with van der Waals surface area (Å²) in [5, 5.41) is 22.7. The number of carbonyl (C=O) groups is 1. The van der Waals surface area contributed by atoms with Crippen molar-refractivity contribution in [2.24, 2.45) is 0 Å².